The van der Waals surface area contributed by atoms with Crippen molar-refractivity contribution >= 4 is 16.0 Å². The van der Waals surface area contributed by atoms with E-state index >= 15 is 0 Å². The molecule has 1 saturated carbocycles. The number of carbonyl (C=O) groups is 1. The van der Waals surface area contributed by atoms with Crippen LogP contribution in [-0.4, -0.2) is 34.1 Å². The van der Waals surface area contributed by atoms with Gasteiger partial charge in [0.15, 0.2) is 0 Å². The Labute approximate surface area is 124 Å². The number of benzene rings is 1. The molecule has 116 valence electrons. The molecule has 2 atom stereocenters. The molecule has 7 heteroatoms. The summed E-state index contributed by atoms with van der Waals surface area (Å²) in [7, 11) is -2.41. The molecule has 0 aromatic heterocycles. The standard InChI is InChI=1S/C14H20N2O4S/c1-20-14(17)10-4-2-6-12(8-10)21(18,19)16-13-7-3-5-11(13)9-15/h2,4,6,8,11,13,16H,3,5,7,9,15H2,1H3. The average Bonchev–Trinajstić information content (AvgIpc) is 2.93. The van der Waals surface area contributed by atoms with Crippen molar-refractivity contribution in [1.29, 1.82) is 0 Å². The molecule has 0 bridgehead atoms. The Balaban J connectivity index is 2.21. The topological polar surface area (TPSA) is 98.5 Å². The molecule has 0 radical (unpaired) electrons. The summed E-state index contributed by atoms with van der Waals surface area (Å²) in [5.41, 5.74) is 5.88. The number of carbonyl (C=O) groups excluding carboxylic acids is 1. The van der Waals surface area contributed by atoms with Crippen LogP contribution in [0.1, 0.15) is 29.6 Å². The van der Waals surface area contributed by atoms with E-state index in [0.29, 0.717) is 6.54 Å². The molecule has 0 heterocycles. The molecule has 1 fully saturated rings. The van der Waals surface area contributed by atoms with E-state index in [2.05, 4.69) is 9.46 Å². The lowest BCUT2D eigenvalue weighted by Crippen LogP contribution is -2.39. The van der Waals surface area contributed by atoms with Crippen LogP contribution in [0.15, 0.2) is 29.2 Å². The van der Waals surface area contributed by atoms with Gasteiger partial charge >= 0.3 is 5.97 Å². The smallest absolute Gasteiger partial charge is 0.337 e. The maximum atomic E-state index is 12.4. The monoisotopic (exact) mass is 312 g/mol. The number of nitrogens with one attached hydrogen (secondary N) is 1. The Bertz CT molecular complexity index is 615. The van der Waals surface area contributed by atoms with E-state index in [9.17, 15) is 13.2 Å². The number of esters is 1. The molecule has 0 amide bonds. The van der Waals surface area contributed by atoms with Crippen LogP contribution >= 0.6 is 0 Å². The van der Waals surface area contributed by atoms with Gasteiger partial charge in [-0.15, -0.1) is 0 Å². The zero-order chi connectivity index (χ0) is 15.5. The van der Waals surface area contributed by atoms with Gasteiger partial charge in [0.25, 0.3) is 0 Å². The summed E-state index contributed by atoms with van der Waals surface area (Å²) >= 11 is 0. The van der Waals surface area contributed by atoms with Crippen molar-refractivity contribution in [2.75, 3.05) is 13.7 Å². The van der Waals surface area contributed by atoms with Crippen LogP contribution in [0.4, 0.5) is 0 Å². The van der Waals surface area contributed by atoms with Crippen LogP contribution in [0.3, 0.4) is 0 Å². The van der Waals surface area contributed by atoms with Gasteiger partial charge in [-0.25, -0.2) is 17.9 Å². The number of sulfonamides is 1. The predicted octanol–water partition coefficient (Wildman–Crippen LogP) is 0.879. The molecule has 6 nitrogen and oxygen atoms in total. The molecule has 1 aliphatic rings. The molecule has 0 aliphatic heterocycles. The molecule has 2 unspecified atom stereocenters. The zero-order valence-electron chi connectivity index (χ0n) is 11.9. The first-order valence-corrected chi connectivity index (χ1v) is 8.37. The highest BCUT2D eigenvalue weighted by atomic mass is 32.2. The van der Waals surface area contributed by atoms with Crippen molar-refractivity contribution in [3.63, 3.8) is 0 Å². The third-order valence-corrected chi connectivity index (χ3v) is 5.32. The lowest BCUT2D eigenvalue weighted by Gasteiger charge is -2.19. The van der Waals surface area contributed by atoms with E-state index in [1.807, 2.05) is 0 Å². The van der Waals surface area contributed by atoms with E-state index in [4.69, 9.17) is 5.73 Å². The molecular weight excluding hydrogens is 292 g/mol. The van der Waals surface area contributed by atoms with Crippen LogP contribution in [0, 0.1) is 5.92 Å². The van der Waals surface area contributed by atoms with E-state index in [0.717, 1.165) is 19.3 Å². The van der Waals surface area contributed by atoms with Gasteiger partial charge in [-0.05, 0) is 43.5 Å². The van der Waals surface area contributed by atoms with Gasteiger partial charge in [-0.3, -0.25) is 0 Å². The summed E-state index contributed by atoms with van der Waals surface area (Å²) in [6.07, 6.45) is 2.70. The number of rotatable bonds is 5. The summed E-state index contributed by atoms with van der Waals surface area (Å²) in [6.45, 7) is 0.468. The maximum absolute atomic E-state index is 12.4. The van der Waals surface area contributed by atoms with Gasteiger partial charge in [0.1, 0.15) is 0 Å². The van der Waals surface area contributed by atoms with Gasteiger partial charge in [-0.2, -0.15) is 0 Å². The lowest BCUT2D eigenvalue weighted by atomic mass is 10.1. The van der Waals surface area contributed by atoms with Crippen LogP contribution in [0.2, 0.25) is 0 Å². The third kappa shape index (κ3) is 3.61. The van der Waals surface area contributed by atoms with Crippen molar-refractivity contribution < 1.29 is 17.9 Å². The fourth-order valence-electron chi connectivity index (χ4n) is 2.65. The summed E-state index contributed by atoms with van der Waals surface area (Å²) in [4.78, 5) is 11.5. The van der Waals surface area contributed by atoms with Gasteiger partial charge in [0, 0.05) is 6.04 Å². The Morgan fingerprint density at radius 3 is 2.86 bits per heavy atom. The summed E-state index contributed by atoms with van der Waals surface area (Å²) in [5, 5.41) is 0. The molecule has 3 N–H and O–H groups in total. The minimum absolute atomic E-state index is 0.0630. The lowest BCUT2D eigenvalue weighted by molar-refractivity contribution is 0.0600. The quantitative estimate of drug-likeness (QED) is 0.786. The van der Waals surface area contributed by atoms with E-state index in [1.165, 1.54) is 31.4 Å². The fourth-order valence-corrected chi connectivity index (χ4v) is 4.03. The molecule has 1 aromatic carbocycles. The molecule has 0 saturated heterocycles. The molecule has 2 rings (SSSR count). The van der Waals surface area contributed by atoms with Crippen molar-refractivity contribution in [3.05, 3.63) is 29.8 Å². The number of methoxy groups -OCH3 is 1. The molecule has 21 heavy (non-hydrogen) atoms. The summed E-state index contributed by atoms with van der Waals surface area (Å²) in [5.74, 6) is -0.392. The maximum Gasteiger partial charge on any atom is 0.337 e. The van der Waals surface area contributed by atoms with Gasteiger partial charge in [0.05, 0.1) is 17.6 Å². The van der Waals surface area contributed by atoms with Gasteiger partial charge in [-0.1, -0.05) is 12.5 Å². The second kappa shape index (κ2) is 6.55. The Morgan fingerprint density at radius 2 is 2.19 bits per heavy atom. The number of ether oxygens (including phenoxy) is 1. The first kappa shape index (κ1) is 15.9. The first-order valence-electron chi connectivity index (χ1n) is 6.88. The molecule has 1 aromatic rings. The summed E-state index contributed by atoms with van der Waals surface area (Å²) in [6, 6.07) is 5.68. The molecular formula is C14H20N2O4S. The minimum Gasteiger partial charge on any atom is -0.465 e. The minimum atomic E-state index is -3.66. The van der Waals surface area contributed by atoms with Crippen molar-refractivity contribution in [2.45, 2.75) is 30.2 Å². The normalized spacial score (nSPS) is 22.2. The molecule has 0 spiro atoms. The van der Waals surface area contributed by atoms with Crippen molar-refractivity contribution in [1.82, 2.24) is 4.72 Å². The van der Waals surface area contributed by atoms with Gasteiger partial charge < -0.3 is 10.5 Å². The average molecular weight is 312 g/mol. The first-order chi connectivity index (χ1) is 9.97. The second-order valence-electron chi connectivity index (χ2n) is 5.17. The largest absolute Gasteiger partial charge is 0.465 e. The number of nitrogens with two attached hydrogens (primary N) is 1. The van der Waals surface area contributed by atoms with Gasteiger partial charge in [0.2, 0.25) is 10.0 Å². The Morgan fingerprint density at radius 1 is 1.43 bits per heavy atom. The highest BCUT2D eigenvalue weighted by Crippen LogP contribution is 2.26. The Hall–Kier alpha value is -1.44. The highest BCUT2D eigenvalue weighted by Gasteiger charge is 2.30. The SMILES string of the molecule is COC(=O)c1cccc(S(=O)(=O)NC2CCCC2CN)c1. The summed E-state index contributed by atoms with van der Waals surface area (Å²) < 4.78 is 32.1. The second-order valence-corrected chi connectivity index (χ2v) is 6.89. The van der Waals surface area contributed by atoms with E-state index in [1.54, 1.807) is 0 Å². The number of hydrogen-bond acceptors (Lipinski definition) is 5. The fraction of sp³-hybridized carbons (Fsp3) is 0.500. The van der Waals surface area contributed by atoms with Crippen LogP contribution in [0.5, 0.6) is 0 Å². The van der Waals surface area contributed by atoms with Crippen LogP contribution in [0.25, 0.3) is 0 Å². The van der Waals surface area contributed by atoms with Crippen molar-refractivity contribution in [3.8, 4) is 0 Å². The van der Waals surface area contributed by atoms with Crippen molar-refractivity contribution in [2.24, 2.45) is 11.7 Å². The van der Waals surface area contributed by atoms with Crippen LogP contribution in [-0.2, 0) is 14.8 Å². The van der Waals surface area contributed by atoms with E-state index in [-0.39, 0.29) is 22.4 Å². The Kier molecular flexibility index (Phi) is 4.97. The third-order valence-electron chi connectivity index (χ3n) is 3.83. The zero-order valence-corrected chi connectivity index (χ0v) is 12.7. The van der Waals surface area contributed by atoms with E-state index < -0.39 is 16.0 Å². The predicted molar refractivity (Wildman–Crippen MR) is 78.3 cm³/mol. The van der Waals surface area contributed by atoms with Crippen LogP contribution < -0.4 is 10.5 Å². The number of hydrogen-bond donors (Lipinski definition) is 2. The highest BCUT2D eigenvalue weighted by molar-refractivity contribution is 7.89. The molecule has 1 aliphatic carbocycles.